The number of rotatable bonds is 3. The summed E-state index contributed by atoms with van der Waals surface area (Å²) in [5.41, 5.74) is 0.763. The molecule has 19 heavy (non-hydrogen) atoms. The van der Waals surface area contributed by atoms with Crippen LogP contribution in [0.25, 0.3) is 0 Å². The van der Waals surface area contributed by atoms with E-state index in [-0.39, 0.29) is 17.6 Å². The molecule has 1 heterocycles. The molecule has 0 unspecified atom stereocenters. The highest BCUT2D eigenvalue weighted by molar-refractivity contribution is 5.84. The first-order chi connectivity index (χ1) is 8.87. The van der Waals surface area contributed by atoms with Crippen molar-refractivity contribution in [3.63, 3.8) is 0 Å². The Morgan fingerprint density at radius 1 is 1.32 bits per heavy atom. The quantitative estimate of drug-likeness (QED) is 0.908. The lowest BCUT2D eigenvalue weighted by molar-refractivity contribution is -0.122. The number of piperazine rings is 1. The van der Waals surface area contributed by atoms with E-state index < -0.39 is 0 Å². The van der Waals surface area contributed by atoms with Crippen LogP contribution in [0.1, 0.15) is 27.7 Å². The molecule has 0 radical (unpaired) electrons. The Morgan fingerprint density at radius 2 is 2.00 bits per heavy atom. The number of anilines is 1. The molecule has 1 amide bonds. The highest BCUT2D eigenvalue weighted by atomic mass is 16.5. The lowest BCUT2D eigenvalue weighted by atomic mass is 10.0. The summed E-state index contributed by atoms with van der Waals surface area (Å²) in [5, 5.41) is 2.99. The summed E-state index contributed by atoms with van der Waals surface area (Å²) < 4.78 is 5.83. The molecule has 1 aromatic rings. The second kappa shape index (κ2) is 5.11. The van der Waals surface area contributed by atoms with E-state index in [0.29, 0.717) is 6.54 Å². The summed E-state index contributed by atoms with van der Waals surface area (Å²) in [7, 11) is 0. The summed E-state index contributed by atoms with van der Waals surface area (Å²) in [6.07, 6.45) is 0.118. The maximum absolute atomic E-state index is 11.8. The standard InChI is InChI=1S/C15H22N2O2/c1-11(2)19-13-8-6-5-7-12(13)17-9-14(18)16-15(3,4)10-17/h5-8,11H,9-10H2,1-4H3,(H,16,18). The summed E-state index contributed by atoms with van der Waals surface area (Å²) >= 11 is 0. The fraction of sp³-hybridized carbons (Fsp3) is 0.533. The molecule has 1 aliphatic rings. The van der Waals surface area contributed by atoms with Crippen LogP contribution < -0.4 is 15.0 Å². The van der Waals surface area contributed by atoms with E-state index in [4.69, 9.17) is 4.74 Å². The van der Waals surface area contributed by atoms with Crippen molar-refractivity contribution < 1.29 is 9.53 Å². The Balaban J connectivity index is 2.28. The van der Waals surface area contributed by atoms with Gasteiger partial charge in [-0.1, -0.05) is 12.1 Å². The topological polar surface area (TPSA) is 41.6 Å². The van der Waals surface area contributed by atoms with Crippen LogP contribution in [0.4, 0.5) is 5.69 Å². The first-order valence-corrected chi connectivity index (χ1v) is 6.69. The zero-order chi connectivity index (χ0) is 14.0. The number of benzene rings is 1. The van der Waals surface area contributed by atoms with Crippen molar-refractivity contribution in [1.29, 1.82) is 0 Å². The van der Waals surface area contributed by atoms with Crippen molar-refractivity contribution in [3.05, 3.63) is 24.3 Å². The SMILES string of the molecule is CC(C)Oc1ccccc1N1CC(=O)NC(C)(C)C1. The van der Waals surface area contributed by atoms with Crippen LogP contribution >= 0.6 is 0 Å². The number of ether oxygens (including phenoxy) is 1. The van der Waals surface area contributed by atoms with Crippen molar-refractivity contribution in [2.75, 3.05) is 18.0 Å². The first kappa shape index (κ1) is 13.7. The number of nitrogens with zero attached hydrogens (tertiary/aromatic N) is 1. The van der Waals surface area contributed by atoms with E-state index in [9.17, 15) is 4.79 Å². The van der Waals surface area contributed by atoms with E-state index in [1.165, 1.54) is 0 Å². The monoisotopic (exact) mass is 262 g/mol. The van der Waals surface area contributed by atoms with Gasteiger partial charge in [0.2, 0.25) is 5.91 Å². The summed E-state index contributed by atoms with van der Waals surface area (Å²) in [6.45, 7) is 9.22. The van der Waals surface area contributed by atoms with Crippen LogP contribution in [0.5, 0.6) is 5.75 Å². The van der Waals surface area contributed by atoms with Gasteiger partial charge in [-0.25, -0.2) is 0 Å². The van der Waals surface area contributed by atoms with Gasteiger partial charge in [0, 0.05) is 6.54 Å². The molecule has 0 atom stereocenters. The molecular weight excluding hydrogens is 240 g/mol. The number of hydrogen-bond acceptors (Lipinski definition) is 3. The number of carbonyl (C=O) groups is 1. The summed E-state index contributed by atoms with van der Waals surface area (Å²) in [4.78, 5) is 13.9. The molecule has 0 saturated carbocycles. The smallest absolute Gasteiger partial charge is 0.239 e. The average molecular weight is 262 g/mol. The Labute approximate surface area is 114 Å². The molecule has 0 aliphatic carbocycles. The zero-order valence-electron chi connectivity index (χ0n) is 12.1. The molecular formula is C15H22N2O2. The van der Waals surface area contributed by atoms with E-state index in [1.54, 1.807) is 0 Å². The second-order valence-corrected chi connectivity index (χ2v) is 5.92. The van der Waals surface area contributed by atoms with Gasteiger partial charge in [-0.15, -0.1) is 0 Å². The van der Waals surface area contributed by atoms with Gasteiger partial charge >= 0.3 is 0 Å². The number of nitrogens with one attached hydrogen (secondary N) is 1. The first-order valence-electron chi connectivity index (χ1n) is 6.69. The molecule has 1 aliphatic heterocycles. The van der Waals surface area contributed by atoms with Crippen LogP contribution in [0.15, 0.2) is 24.3 Å². The van der Waals surface area contributed by atoms with Gasteiger partial charge in [0.25, 0.3) is 0 Å². The largest absolute Gasteiger partial charge is 0.489 e. The molecule has 1 N–H and O–H groups in total. The van der Waals surface area contributed by atoms with E-state index in [0.717, 1.165) is 18.0 Å². The molecule has 0 bridgehead atoms. The Hall–Kier alpha value is -1.71. The molecule has 4 heteroatoms. The van der Waals surface area contributed by atoms with Gasteiger partial charge in [-0.3, -0.25) is 4.79 Å². The van der Waals surface area contributed by atoms with Gasteiger partial charge in [-0.2, -0.15) is 0 Å². The van der Waals surface area contributed by atoms with E-state index in [1.807, 2.05) is 52.0 Å². The van der Waals surface area contributed by atoms with Crippen LogP contribution in [0.2, 0.25) is 0 Å². The van der Waals surface area contributed by atoms with Crippen LogP contribution in [-0.4, -0.2) is 30.6 Å². The minimum absolute atomic E-state index is 0.0515. The molecule has 0 spiro atoms. The van der Waals surface area contributed by atoms with Gasteiger partial charge in [0.15, 0.2) is 0 Å². The van der Waals surface area contributed by atoms with Crippen molar-refractivity contribution >= 4 is 11.6 Å². The highest BCUT2D eigenvalue weighted by Gasteiger charge is 2.31. The second-order valence-electron chi connectivity index (χ2n) is 5.92. The van der Waals surface area contributed by atoms with Crippen molar-refractivity contribution in [3.8, 4) is 5.75 Å². The van der Waals surface area contributed by atoms with Gasteiger partial charge in [-0.05, 0) is 39.8 Å². The third-order valence-electron chi connectivity index (χ3n) is 2.97. The third-order valence-corrected chi connectivity index (χ3v) is 2.97. The molecule has 0 aromatic heterocycles. The maximum atomic E-state index is 11.8. The molecule has 104 valence electrons. The maximum Gasteiger partial charge on any atom is 0.239 e. The zero-order valence-corrected chi connectivity index (χ0v) is 12.1. The van der Waals surface area contributed by atoms with Crippen LogP contribution in [0.3, 0.4) is 0 Å². The van der Waals surface area contributed by atoms with Gasteiger partial charge in [0.1, 0.15) is 5.75 Å². The van der Waals surface area contributed by atoms with E-state index >= 15 is 0 Å². The predicted molar refractivity (Wildman–Crippen MR) is 76.6 cm³/mol. The van der Waals surface area contributed by atoms with Crippen molar-refractivity contribution in [2.24, 2.45) is 0 Å². The highest BCUT2D eigenvalue weighted by Crippen LogP contribution is 2.30. The molecule has 1 aromatic carbocycles. The van der Waals surface area contributed by atoms with Crippen LogP contribution in [0, 0.1) is 0 Å². The predicted octanol–water partition coefficient (Wildman–Crippen LogP) is 2.19. The van der Waals surface area contributed by atoms with Gasteiger partial charge in [0.05, 0.1) is 23.9 Å². The Kier molecular flexibility index (Phi) is 3.69. The van der Waals surface area contributed by atoms with Crippen molar-refractivity contribution in [1.82, 2.24) is 5.32 Å². The number of amides is 1. The number of hydrogen-bond donors (Lipinski definition) is 1. The molecule has 4 nitrogen and oxygen atoms in total. The van der Waals surface area contributed by atoms with Crippen LogP contribution in [-0.2, 0) is 4.79 Å². The Morgan fingerprint density at radius 3 is 2.63 bits per heavy atom. The number of carbonyl (C=O) groups excluding carboxylic acids is 1. The van der Waals surface area contributed by atoms with Crippen molar-refractivity contribution in [2.45, 2.75) is 39.3 Å². The fourth-order valence-electron chi connectivity index (χ4n) is 2.41. The van der Waals surface area contributed by atoms with E-state index in [2.05, 4.69) is 10.2 Å². The molecule has 2 rings (SSSR count). The fourth-order valence-corrected chi connectivity index (χ4v) is 2.41. The number of para-hydroxylation sites is 2. The normalized spacial score (nSPS) is 18.4. The molecule has 1 saturated heterocycles. The lowest BCUT2D eigenvalue weighted by Crippen LogP contribution is -2.60. The lowest BCUT2D eigenvalue weighted by Gasteiger charge is -2.40. The minimum atomic E-state index is -0.222. The van der Waals surface area contributed by atoms with Gasteiger partial charge < -0.3 is 15.0 Å². The molecule has 1 fully saturated rings. The summed E-state index contributed by atoms with van der Waals surface area (Å²) in [5.74, 6) is 0.888. The average Bonchev–Trinajstić information content (AvgIpc) is 2.26. The minimum Gasteiger partial charge on any atom is -0.489 e. The third kappa shape index (κ3) is 3.40. The Bertz CT molecular complexity index is 469. The summed E-state index contributed by atoms with van der Waals surface area (Å²) in [6, 6.07) is 7.89.